The Kier molecular flexibility index (Phi) is 6.34. The van der Waals surface area contributed by atoms with Crippen LogP contribution in [0.15, 0.2) is 77.5 Å². The maximum Gasteiger partial charge on any atom is 0.283 e. The summed E-state index contributed by atoms with van der Waals surface area (Å²) < 4.78 is 19.4. The SMILES string of the molecule is COc1ccc(C)cc1NC(=O)c1ccc(NC2=C(Cl)C(=O)N(c3ccccc3F)C2=O)cc1. The molecule has 0 spiro atoms. The largest absolute Gasteiger partial charge is 0.495 e. The van der Waals surface area contributed by atoms with Gasteiger partial charge in [-0.3, -0.25) is 14.4 Å². The number of ether oxygens (including phenoxy) is 1. The number of hydrogen-bond acceptors (Lipinski definition) is 5. The number of halogens is 2. The predicted octanol–water partition coefficient (Wildman–Crippen LogP) is 4.83. The van der Waals surface area contributed by atoms with Gasteiger partial charge in [0.25, 0.3) is 17.7 Å². The number of para-hydroxylation sites is 1. The molecular weight excluding hydrogens is 461 g/mol. The van der Waals surface area contributed by atoms with Crippen molar-refractivity contribution in [1.29, 1.82) is 0 Å². The van der Waals surface area contributed by atoms with Crippen LogP contribution in [-0.4, -0.2) is 24.8 Å². The van der Waals surface area contributed by atoms with Crippen molar-refractivity contribution in [2.75, 3.05) is 22.6 Å². The molecule has 0 unspecified atom stereocenters. The van der Waals surface area contributed by atoms with Crippen LogP contribution in [0.1, 0.15) is 15.9 Å². The molecule has 7 nitrogen and oxygen atoms in total. The lowest BCUT2D eigenvalue weighted by Gasteiger charge is -2.15. The molecule has 1 heterocycles. The monoisotopic (exact) mass is 479 g/mol. The van der Waals surface area contributed by atoms with Crippen LogP contribution in [0, 0.1) is 12.7 Å². The van der Waals surface area contributed by atoms with Gasteiger partial charge < -0.3 is 15.4 Å². The summed E-state index contributed by atoms with van der Waals surface area (Å²) in [6, 6.07) is 17.1. The van der Waals surface area contributed by atoms with Crippen molar-refractivity contribution in [1.82, 2.24) is 0 Å². The summed E-state index contributed by atoms with van der Waals surface area (Å²) in [5, 5.41) is 5.24. The van der Waals surface area contributed by atoms with E-state index in [0.717, 1.165) is 11.6 Å². The molecule has 0 fully saturated rings. The maximum atomic E-state index is 14.1. The van der Waals surface area contributed by atoms with Gasteiger partial charge in [-0.2, -0.15) is 0 Å². The Labute approximate surface area is 199 Å². The van der Waals surface area contributed by atoms with Gasteiger partial charge in [0.2, 0.25) is 0 Å². The summed E-state index contributed by atoms with van der Waals surface area (Å²) in [4.78, 5) is 38.7. The molecule has 3 aromatic carbocycles. The summed E-state index contributed by atoms with van der Waals surface area (Å²) in [6.45, 7) is 1.90. The average Bonchev–Trinajstić information content (AvgIpc) is 3.03. The van der Waals surface area contributed by atoms with Crippen molar-refractivity contribution in [2.24, 2.45) is 0 Å². The molecule has 1 aliphatic heterocycles. The molecule has 0 saturated heterocycles. The van der Waals surface area contributed by atoms with Crippen molar-refractivity contribution >= 4 is 46.4 Å². The van der Waals surface area contributed by atoms with Gasteiger partial charge in [0.15, 0.2) is 0 Å². The van der Waals surface area contributed by atoms with Crippen molar-refractivity contribution in [3.63, 3.8) is 0 Å². The number of benzene rings is 3. The normalized spacial score (nSPS) is 13.4. The quantitative estimate of drug-likeness (QED) is 0.494. The van der Waals surface area contributed by atoms with Gasteiger partial charge in [-0.05, 0) is 61.0 Å². The molecule has 0 aromatic heterocycles. The number of nitrogens with one attached hydrogen (secondary N) is 2. The molecule has 9 heteroatoms. The van der Waals surface area contributed by atoms with E-state index in [1.807, 2.05) is 13.0 Å². The second-order valence-corrected chi connectivity index (χ2v) is 7.82. The fourth-order valence-electron chi connectivity index (χ4n) is 3.43. The first-order chi connectivity index (χ1) is 16.3. The lowest BCUT2D eigenvalue weighted by atomic mass is 10.1. The number of aryl methyl sites for hydroxylation is 1. The second kappa shape index (κ2) is 9.36. The molecular formula is C25H19ClFN3O4. The van der Waals surface area contributed by atoms with E-state index < -0.39 is 17.6 Å². The smallest absolute Gasteiger partial charge is 0.283 e. The van der Waals surface area contributed by atoms with E-state index in [0.29, 0.717) is 27.6 Å². The van der Waals surface area contributed by atoms with Crippen LogP contribution in [-0.2, 0) is 9.59 Å². The fourth-order valence-corrected chi connectivity index (χ4v) is 3.64. The van der Waals surface area contributed by atoms with Crippen LogP contribution in [0.5, 0.6) is 5.75 Å². The molecule has 1 aliphatic rings. The van der Waals surface area contributed by atoms with Crippen LogP contribution in [0.3, 0.4) is 0 Å². The average molecular weight is 480 g/mol. The molecule has 2 N–H and O–H groups in total. The number of carbonyl (C=O) groups excluding carboxylic acids is 3. The van der Waals surface area contributed by atoms with E-state index in [1.54, 1.807) is 36.4 Å². The Morgan fingerprint density at radius 2 is 1.71 bits per heavy atom. The first kappa shape index (κ1) is 23.0. The highest BCUT2D eigenvalue weighted by atomic mass is 35.5. The predicted molar refractivity (Wildman–Crippen MR) is 128 cm³/mol. The van der Waals surface area contributed by atoms with E-state index in [9.17, 15) is 18.8 Å². The van der Waals surface area contributed by atoms with Gasteiger partial charge in [-0.25, -0.2) is 9.29 Å². The van der Waals surface area contributed by atoms with Gasteiger partial charge in [0.05, 0.1) is 18.5 Å². The summed E-state index contributed by atoms with van der Waals surface area (Å²) in [5.41, 5.74) is 1.89. The summed E-state index contributed by atoms with van der Waals surface area (Å²) >= 11 is 6.09. The van der Waals surface area contributed by atoms with Crippen molar-refractivity contribution in [3.8, 4) is 5.75 Å². The zero-order valence-electron chi connectivity index (χ0n) is 18.2. The van der Waals surface area contributed by atoms with E-state index in [1.165, 1.54) is 25.3 Å². The number of methoxy groups -OCH3 is 1. The highest BCUT2D eigenvalue weighted by Gasteiger charge is 2.40. The van der Waals surface area contributed by atoms with Crippen molar-refractivity contribution in [2.45, 2.75) is 6.92 Å². The summed E-state index contributed by atoms with van der Waals surface area (Å²) in [6.07, 6.45) is 0. The first-order valence-electron chi connectivity index (χ1n) is 10.2. The maximum absolute atomic E-state index is 14.1. The number of amides is 3. The van der Waals surface area contributed by atoms with E-state index in [-0.39, 0.29) is 22.3 Å². The Balaban J connectivity index is 1.50. The van der Waals surface area contributed by atoms with E-state index in [2.05, 4.69) is 10.6 Å². The van der Waals surface area contributed by atoms with Crippen LogP contribution < -0.4 is 20.3 Å². The third-order valence-corrected chi connectivity index (χ3v) is 5.49. The minimum absolute atomic E-state index is 0.184. The minimum Gasteiger partial charge on any atom is -0.495 e. The summed E-state index contributed by atoms with van der Waals surface area (Å²) in [7, 11) is 1.52. The minimum atomic E-state index is -0.831. The van der Waals surface area contributed by atoms with Crippen LogP contribution in [0.4, 0.5) is 21.5 Å². The van der Waals surface area contributed by atoms with Gasteiger partial charge in [0, 0.05) is 11.3 Å². The molecule has 0 radical (unpaired) electrons. The van der Waals surface area contributed by atoms with Gasteiger partial charge in [-0.15, -0.1) is 0 Å². The molecule has 0 atom stereocenters. The lowest BCUT2D eigenvalue weighted by molar-refractivity contribution is -0.120. The Bertz CT molecular complexity index is 1340. The molecule has 0 aliphatic carbocycles. The van der Waals surface area contributed by atoms with E-state index in [4.69, 9.17) is 16.3 Å². The number of hydrogen-bond donors (Lipinski definition) is 2. The zero-order valence-corrected chi connectivity index (χ0v) is 18.9. The standard InChI is InChI=1S/C25H19ClFN3O4/c1-14-7-12-20(34-2)18(13-14)29-23(31)15-8-10-16(11-9-15)28-22-21(26)24(32)30(25(22)33)19-6-4-3-5-17(19)27/h3-13,28H,1-2H3,(H,29,31). The number of nitrogens with zero attached hydrogens (tertiary/aromatic N) is 1. The van der Waals surface area contributed by atoms with Crippen molar-refractivity contribution < 1.29 is 23.5 Å². The Morgan fingerprint density at radius 3 is 2.38 bits per heavy atom. The van der Waals surface area contributed by atoms with Gasteiger partial charge >= 0.3 is 0 Å². The van der Waals surface area contributed by atoms with Crippen LogP contribution >= 0.6 is 11.6 Å². The molecule has 4 rings (SSSR count). The molecule has 3 amide bonds. The first-order valence-corrected chi connectivity index (χ1v) is 10.5. The van der Waals surface area contributed by atoms with Crippen molar-refractivity contribution in [3.05, 3.63) is 94.4 Å². The van der Waals surface area contributed by atoms with E-state index >= 15 is 0 Å². The number of anilines is 3. The third-order valence-electron chi connectivity index (χ3n) is 5.14. The van der Waals surface area contributed by atoms with Crippen LogP contribution in [0.25, 0.3) is 0 Å². The number of rotatable bonds is 6. The number of imide groups is 1. The Hall–Kier alpha value is -4.17. The second-order valence-electron chi connectivity index (χ2n) is 7.45. The lowest BCUT2D eigenvalue weighted by Crippen LogP contribution is -2.33. The number of carbonyl (C=O) groups is 3. The molecule has 3 aromatic rings. The summed E-state index contributed by atoms with van der Waals surface area (Å²) in [5.74, 6) is -2.17. The molecule has 34 heavy (non-hydrogen) atoms. The molecule has 0 bridgehead atoms. The fraction of sp³-hybridized carbons (Fsp3) is 0.0800. The topological polar surface area (TPSA) is 87.7 Å². The van der Waals surface area contributed by atoms with Gasteiger partial charge in [0.1, 0.15) is 22.3 Å². The van der Waals surface area contributed by atoms with Gasteiger partial charge in [-0.1, -0.05) is 29.8 Å². The molecule has 0 saturated carbocycles. The van der Waals surface area contributed by atoms with Crippen LogP contribution in [0.2, 0.25) is 0 Å². The Morgan fingerprint density at radius 1 is 1.00 bits per heavy atom. The zero-order chi connectivity index (χ0) is 24.4. The third kappa shape index (κ3) is 4.35. The highest BCUT2D eigenvalue weighted by molar-refractivity contribution is 6.53. The highest BCUT2D eigenvalue weighted by Crippen LogP contribution is 2.31. The molecule has 172 valence electrons.